The summed E-state index contributed by atoms with van der Waals surface area (Å²) in [5, 5.41) is 14.7. The van der Waals surface area contributed by atoms with Gasteiger partial charge < -0.3 is 20.3 Å². The van der Waals surface area contributed by atoms with Gasteiger partial charge in [0.1, 0.15) is 5.82 Å². The molecule has 3 N–H and O–H groups in total. The van der Waals surface area contributed by atoms with Gasteiger partial charge in [-0.05, 0) is 31.9 Å². The molecular formula is C17H26N4O2. The monoisotopic (exact) mass is 318 g/mol. The van der Waals surface area contributed by atoms with E-state index in [0.29, 0.717) is 19.4 Å². The van der Waals surface area contributed by atoms with Gasteiger partial charge in [0.05, 0.1) is 11.0 Å². The summed E-state index contributed by atoms with van der Waals surface area (Å²) in [4.78, 5) is 16.5. The van der Waals surface area contributed by atoms with Gasteiger partial charge in [-0.25, -0.2) is 9.78 Å². The van der Waals surface area contributed by atoms with Crippen molar-refractivity contribution >= 4 is 17.1 Å². The molecule has 0 saturated carbocycles. The van der Waals surface area contributed by atoms with E-state index in [-0.39, 0.29) is 18.7 Å². The van der Waals surface area contributed by atoms with Gasteiger partial charge in [0, 0.05) is 32.2 Å². The first-order chi connectivity index (χ1) is 11.2. The zero-order chi connectivity index (χ0) is 16.7. The number of carbonyl (C=O) groups excluding carboxylic acids is 1. The highest BCUT2D eigenvalue weighted by molar-refractivity contribution is 5.76. The number of urea groups is 1. The van der Waals surface area contributed by atoms with Crippen molar-refractivity contribution in [1.29, 1.82) is 0 Å². The van der Waals surface area contributed by atoms with Crippen LogP contribution in [0.4, 0.5) is 4.79 Å². The van der Waals surface area contributed by atoms with Crippen LogP contribution in [0.2, 0.25) is 0 Å². The maximum atomic E-state index is 11.9. The van der Waals surface area contributed by atoms with Gasteiger partial charge in [0.15, 0.2) is 0 Å². The van der Waals surface area contributed by atoms with Crippen molar-refractivity contribution in [2.75, 3.05) is 13.2 Å². The van der Waals surface area contributed by atoms with Crippen molar-refractivity contribution in [2.24, 2.45) is 0 Å². The number of hydrogen-bond acceptors (Lipinski definition) is 3. The SMILES string of the molecule is CCC(CCO)NC(=O)NCCc1nc2ccccc2n1CC. The molecule has 1 aromatic heterocycles. The first-order valence-corrected chi connectivity index (χ1v) is 8.28. The Morgan fingerprint density at radius 2 is 2.13 bits per heavy atom. The molecule has 23 heavy (non-hydrogen) atoms. The number of amides is 2. The van der Waals surface area contributed by atoms with Crippen LogP contribution in [0.1, 0.15) is 32.5 Å². The van der Waals surface area contributed by atoms with E-state index in [0.717, 1.165) is 29.8 Å². The van der Waals surface area contributed by atoms with Crippen LogP contribution in [0.25, 0.3) is 11.0 Å². The average molecular weight is 318 g/mol. The van der Waals surface area contributed by atoms with E-state index in [2.05, 4.69) is 33.2 Å². The van der Waals surface area contributed by atoms with Crippen molar-refractivity contribution < 1.29 is 9.90 Å². The first kappa shape index (κ1) is 17.3. The topological polar surface area (TPSA) is 79.2 Å². The predicted octanol–water partition coefficient (Wildman–Crippen LogP) is 2.06. The fraction of sp³-hybridized carbons (Fsp3) is 0.529. The van der Waals surface area contributed by atoms with Crippen LogP contribution in [-0.2, 0) is 13.0 Å². The quantitative estimate of drug-likeness (QED) is 0.697. The summed E-state index contributed by atoms with van der Waals surface area (Å²) in [5.41, 5.74) is 2.12. The zero-order valence-electron chi connectivity index (χ0n) is 13.9. The summed E-state index contributed by atoms with van der Waals surface area (Å²) < 4.78 is 2.18. The number of aromatic nitrogens is 2. The molecule has 2 rings (SSSR count). The number of imidazole rings is 1. The van der Waals surface area contributed by atoms with Crippen LogP contribution in [0.3, 0.4) is 0 Å². The number of nitrogens with one attached hydrogen (secondary N) is 2. The number of nitrogens with zero attached hydrogens (tertiary/aromatic N) is 2. The molecule has 0 aliphatic carbocycles. The molecule has 0 aliphatic heterocycles. The molecular weight excluding hydrogens is 292 g/mol. The second-order valence-corrected chi connectivity index (χ2v) is 5.53. The molecule has 2 amide bonds. The minimum Gasteiger partial charge on any atom is -0.396 e. The van der Waals surface area contributed by atoms with E-state index in [1.54, 1.807) is 0 Å². The molecule has 0 saturated heterocycles. The van der Waals surface area contributed by atoms with Gasteiger partial charge in [-0.3, -0.25) is 0 Å². The van der Waals surface area contributed by atoms with Gasteiger partial charge in [-0.2, -0.15) is 0 Å². The molecule has 6 heteroatoms. The number of aryl methyl sites for hydroxylation is 1. The van der Waals surface area contributed by atoms with Crippen LogP contribution in [0, 0.1) is 0 Å². The number of fused-ring (bicyclic) bond motifs is 1. The fourth-order valence-corrected chi connectivity index (χ4v) is 2.73. The van der Waals surface area contributed by atoms with Crippen molar-refractivity contribution in [3.8, 4) is 0 Å². The maximum Gasteiger partial charge on any atom is 0.315 e. The lowest BCUT2D eigenvalue weighted by atomic mass is 10.2. The Labute approximate surface area is 136 Å². The van der Waals surface area contributed by atoms with E-state index in [9.17, 15) is 4.79 Å². The average Bonchev–Trinajstić information content (AvgIpc) is 2.91. The van der Waals surface area contributed by atoms with Crippen LogP contribution < -0.4 is 10.6 Å². The highest BCUT2D eigenvalue weighted by Crippen LogP contribution is 2.15. The summed E-state index contributed by atoms with van der Waals surface area (Å²) in [6.45, 7) is 5.56. The van der Waals surface area contributed by atoms with Gasteiger partial charge in [0.25, 0.3) is 0 Å². The lowest BCUT2D eigenvalue weighted by molar-refractivity contribution is 0.228. The first-order valence-electron chi connectivity index (χ1n) is 8.28. The van der Waals surface area contributed by atoms with Gasteiger partial charge in [-0.1, -0.05) is 19.1 Å². The molecule has 0 aliphatic rings. The smallest absolute Gasteiger partial charge is 0.315 e. The minimum absolute atomic E-state index is 0.0141. The molecule has 0 spiro atoms. The van der Waals surface area contributed by atoms with Crippen molar-refractivity contribution in [1.82, 2.24) is 20.2 Å². The van der Waals surface area contributed by atoms with Gasteiger partial charge >= 0.3 is 6.03 Å². The van der Waals surface area contributed by atoms with E-state index in [1.165, 1.54) is 0 Å². The van der Waals surface area contributed by atoms with Gasteiger partial charge in [0.2, 0.25) is 0 Å². The number of benzene rings is 1. The van der Waals surface area contributed by atoms with Crippen molar-refractivity contribution in [3.63, 3.8) is 0 Å². The van der Waals surface area contributed by atoms with E-state index in [4.69, 9.17) is 5.11 Å². The molecule has 1 aromatic carbocycles. The van der Waals surface area contributed by atoms with E-state index < -0.39 is 0 Å². The second kappa shape index (κ2) is 8.53. The second-order valence-electron chi connectivity index (χ2n) is 5.53. The summed E-state index contributed by atoms with van der Waals surface area (Å²) >= 11 is 0. The van der Waals surface area contributed by atoms with Crippen molar-refractivity contribution in [2.45, 2.75) is 45.7 Å². The number of aliphatic hydroxyl groups is 1. The largest absolute Gasteiger partial charge is 0.396 e. The number of hydrogen-bond donors (Lipinski definition) is 3. The molecule has 0 radical (unpaired) electrons. The summed E-state index contributed by atoms with van der Waals surface area (Å²) in [6.07, 6.45) is 2.07. The Balaban J connectivity index is 1.90. The highest BCUT2D eigenvalue weighted by Gasteiger charge is 2.11. The zero-order valence-corrected chi connectivity index (χ0v) is 13.9. The third-order valence-electron chi connectivity index (χ3n) is 3.99. The maximum absolute atomic E-state index is 11.9. The molecule has 1 unspecified atom stereocenters. The van der Waals surface area contributed by atoms with Crippen LogP contribution in [-0.4, -0.2) is 39.9 Å². The Hall–Kier alpha value is -2.08. The Morgan fingerprint density at radius 1 is 1.35 bits per heavy atom. The predicted molar refractivity (Wildman–Crippen MR) is 91.4 cm³/mol. The summed E-state index contributed by atoms with van der Waals surface area (Å²) in [6, 6.07) is 7.89. The minimum atomic E-state index is -0.190. The molecule has 1 heterocycles. The standard InChI is InChI=1S/C17H26N4O2/c1-3-13(10-12-22)19-17(23)18-11-9-16-20-14-7-5-6-8-15(14)21(16)4-2/h5-8,13,22H,3-4,9-12H2,1-2H3,(H2,18,19,23). The van der Waals surface area contributed by atoms with Gasteiger partial charge in [-0.15, -0.1) is 0 Å². The molecule has 126 valence electrons. The molecule has 1 atom stereocenters. The third-order valence-corrected chi connectivity index (χ3v) is 3.99. The fourth-order valence-electron chi connectivity index (χ4n) is 2.73. The molecule has 2 aromatic rings. The lowest BCUT2D eigenvalue weighted by Crippen LogP contribution is -2.43. The Kier molecular flexibility index (Phi) is 6.40. The summed E-state index contributed by atoms with van der Waals surface area (Å²) in [5.74, 6) is 0.983. The Morgan fingerprint density at radius 3 is 2.83 bits per heavy atom. The van der Waals surface area contributed by atoms with Crippen LogP contribution in [0.15, 0.2) is 24.3 Å². The normalized spacial score (nSPS) is 12.3. The van der Waals surface area contributed by atoms with E-state index >= 15 is 0 Å². The number of carbonyl (C=O) groups is 1. The highest BCUT2D eigenvalue weighted by atomic mass is 16.3. The number of aliphatic hydroxyl groups excluding tert-OH is 1. The number of para-hydroxylation sites is 2. The lowest BCUT2D eigenvalue weighted by Gasteiger charge is -2.16. The molecule has 6 nitrogen and oxygen atoms in total. The van der Waals surface area contributed by atoms with Crippen LogP contribution >= 0.6 is 0 Å². The molecule has 0 fully saturated rings. The number of rotatable bonds is 8. The van der Waals surface area contributed by atoms with Crippen LogP contribution in [0.5, 0.6) is 0 Å². The molecule has 0 bridgehead atoms. The third kappa shape index (κ3) is 4.45. The summed E-state index contributed by atoms with van der Waals surface area (Å²) in [7, 11) is 0. The Bertz CT molecular complexity index is 639. The van der Waals surface area contributed by atoms with Crippen molar-refractivity contribution in [3.05, 3.63) is 30.1 Å². The van der Waals surface area contributed by atoms with E-state index in [1.807, 2.05) is 25.1 Å².